The monoisotopic (exact) mass is 375 g/mol. The van der Waals surface area contributed by atoms with Gasteiger partial charge in [-0.3, -0.25) is 14.9 Å². The van der Waals surface area contributed by atoms with E-state index in [4.69, 9.17) is 0 Å². The van der Waals surface area contributed by atoms with Crippen LogP contribution in [0.2, 0.25) is 0 Å². The Hall–Kier alpha value is -2.58. The third-order valence-electron chi connectivity index (χ3n) is 3.25. The number of amides is 2. The molecule has 25 heavy (non-hydrogen) atoms. The lowest BCUT2D eigenvalue weighted by molar-refractivity contribution is -0.114. The van der Waals surface area contributed by atoms with Gasteiger partial charge in [-0.2, -0.15) is 0 Å². The summed E-state index contributed by atoms with van der Waals surface area (Å²) in [6.45, 7) is 3.35. The maximum Gasteiger partial charge on any atom is 0.260 e. The summed E-state index contributed by atoms with van der Waals surface area (Å²) in [5.41, 5.74) is 0.966. The highest BCUT2D eigenvalue weighted by Crippen LogP contribution is 2.30. The molecular weight excluding hydrogens is 361 g/mol. The number of nitrogens with zero attached hydrogens (tertiary/aromatic N) is 1. The van der Waals surface area contributed by atoms with Crippen molar-refractivity contribution < 1.29 is 14.0 Å². The lowest BCUT2D eigenvalue weighted by Gasteiger charge is -2.07. The molecule has 0 bridgehead atoms. The number of carbonyl (C=O) groups excluding carboxylic acids is 2. The van der Waals surface area contributed by atoms with Crippen LogP contribution in [0.15, 0.2) is 35.7 Å². The van der Waals surface area contributed by atoms with Gasteiger partial charge in [0, 0.05) is 22.9 Å². The van der Waals surface area contributed by atoms with Crippen molar-refractivity contribution in [3.8, 4) is 10.6 Å². The second-order valence-corrected chi connectivity index (χ2v) is 7.42. The third-order valence-corrected chi connectivity index (χ3v) is 5.03. The zero-order valence-electron chi connectivity index (χ0n) is 13.4. The van der Waals surface area contributed by atoms with E-state index >= 15 is 0 Å². The van der Waals surface area contributed by atoms with Crippen molar-refractivity contribution in [2.45, 2.75) is 13.8 Å². The summed E-state index contributed by atoms with van der Waals surface area (Å²) >= 11 is 2.88. The first kappa shape index (κ1) is 17.2. The number of carbonyl (C=O) groups is 2. The topological polar surface area (TPSA) is 71.1 Å². The number of aromatic nitrogens is 1. The molecule has 2 amide bonds. The number of anilines is 2. The summed E-state index contributed by atoms with van der Waals surface area (Å²) in [6, 6.07) is 7.80. The summed E-state index contributed by atoms with van der Waals surface area (Å²) < 4.78 is 13.9. The van der Waals surface area contributed by atoms with E-state index in [1.54, 1.807) is 11.3 Å². The molecule has 3 rings (SSSR count). The fourth-order valence-corrected chi connectivity index (χ4v) is 3.77. The molecule has 0 radical (unpaired) electrons. The third kappa shape index (κ3) is 4.09. The molecular formula is C17H14FN3O2S2. The van der Waals surface area contributed by atoms with Gasteiger partial charge in [-0.15, -0.1) is 22.7 Å². The molecule has 128 valence electrons. The van der Waals surface area contributed by atoms with Gasteiger partial charge in [-0.05, 0) is 37.3 Å². The quantitative estimate of drug-likeness (QED) is 0.704. The SMILES string of the molecule is CC(=O)Nc1ccc(F)c(C(=O)Nc2nc(-c3ccc(C)s3)cs2)c1. The van der Waals surface area contributed by atoms with Gasteiger partial charge in [0.05, 0.1) is 16.1 Å². The van der Waals surface area contributed by atoms with Crippen LogP contribution < -0.4 is 10.6 Å². The van der Waals surface area contributed by atoms with Crippen molar-refractivity contribution in [3.05, 3.63) is 52.0 Å². The molecule has 0 fully saturated rings. The van der Waals surface area contributed by atoms with Gasteiger partial charge in [-0.25, -0.2) is 9.37 Å². The van der Waals surface area contributed by atoms with E-state index in [2.05, 4.69) is 15.6 Å². The first-order chi connectivity index (χ1) is 11.9. The average Bonchev–Trinajstić information content (AvgIpc) is 3.17. The van der Waals surface area contributed by atoms with E-state index in [-0.39, 0.29) is 11.5 Å². The van der Waals surface area contributed by atoms with Crippen molar-refractivity contribution >= 4 is 45.3 Å². The van der Waals surface area contributed by atoms with Crippen LogP contribution >= 0.6 is 22.7 Å². The Balaban J connectivity index is 1.78. The molecule has 0 unspecified atom stereocenters. The molecule has 8 heteroatoms. The Kier molecular flexibility index (Phi) is 4.91. The number of hydrogen-bond donors (Lipinski definition) is 2. The van der Waals surface area contributed by atoms with Crippen molar-refractivity contribution in [1.29, 1.82) is 0 Å². The minimum atomic E-state index is -0.669. The van der Waals surface area contributed by atoms with Gasteiger partial charge >= 0.3 is 0 Å². The van der Waals surface area contributed by atoms with Crippen LogP contribution in [0.4, 0.5) is 15.2 Å². The van der Waals surface area contributed by atoms with Crippen LogP contribution in [-0.4, -0.2) is 16.8 Å². The van der Waals surface area contributed by atoms with Crippen LogP contribution in [0.5, 0.6) is 0 Å². The van der Waals surface area contributed by atoms with E-state index in [9.17, 15) is 14.0 Å². The highest BCUT2D eigenvalue weighted by Gasteiger charge is 2.15. The molecule has 0 spiro atoms. The fourth-order valence-electron chi connectivity index (χ4n) is 2.16. The second-order valence-electron chi connectivity index (χ2n) is 5.28. The predicted octanol–water partition coefficient (Wildman–Crippen LogP) is 4.53. The second kappa shape index (κ2) is 7.12. The number of thiophene rings is 1. The number of thiazole rings is 1. The van der Waals surface area contributed by atoms with Gasteiger partial charge in [-0.1, -0.05) is 0 Å². The Morgan fingerprint density at radius 3 is 2.64 bits per heavy atom. The molecule has 2 N–H and O–H groups in total. The first-order valence-electron chi connectivity index (χ1n) is 7.33. The summed E-state index contributed by atoms with van der Waals surface area (Å²) in [5.74, 6) is -1.58. The minimum Gasteiger partial charge on any atom is -0.326 e. The van der Waals surface area contributed by atoms with Crippen LogP contribution in [0.25, 0.3) is 10.6 Å². The first-order valence-corrected chi connectivity index (χ1v) is 9.03. The molecule has 0 aliphatic carbocycles. The van der Waals surface area contributed by atoms with Gasteiger partial charge < -0.3 is 5.32 Å². The Bertz CT molecular complexity index is 949. The largest absolute Gasteiger partial charge is 0.326 e. The normalized spacial score (nSPS) is 10.5. The number of nitrogens with one attached hydrogen (secondary N) is 2. The molecule has 2 heterocycles. The van der Waals surface area contributed by atoms with Crippen LogP contribution in [0, 0.1) is 12.7 Å². The molecule has 2 aromatic heterocycles. The number of hydrogen-bond acceptors (Lipinski definition) is 5. The smallest absolute Gasteiger partial charge is 0.260 e. The highest BCUT2D eigenvalue weighted by molar-refractivity contribution is 7.17. The van der Waals surface area contributed by atoms with Crippen molar-refractivity contribution in [2.24, 2.45) is 0 Å². The zero-order chi connectivity index (χ0) is 18.0. The van der Waals surface area contributed by atoms with Crippen LogP contribution in [-0.2, 0) is 4.79 Å². The summed E-state index contributed by atoms with van der Waals surface area (Å²) in [6.07, 6.45) is 0. The average molecular weight is 375 g/mol. The molecule has 0 saturated carbocycles. The van der Waals surface area contributed by atoms with Crippen molar-refractivity contribution in [3.63, 3.8) is 0 Å². The number of rotatable bonds is 4. The summed E-state index contributed by atoms with van der Waals surface area (Å²) in [7, 11) is 0. The van der Waals surface area contributed by atoms with E-state index in [1.807, 2.05) is 24.4 Å². The van der Waals surface area contributed by atoms with Gasteiger partial charge in [0.25, 0.3) is 5.91 Å². The minimum absolute atomic E-state index is 0.157. The van der Waals surface area contributed by atoms with E-state index in [0.29, 0.717) is 10.8 Å². The Morgan fingerprint density at radius 1 is 1.16 bits per heavy atom. The lowest BCUT2D eigenvalue weighted by atomic mass is 10.1. The standard InChI is InChI=1S/C17H14FN3O2S2/c1-9-3-6-15(25-9)14-8-24-17(20-14)21-16(23)12-7-11(19-10(2)22)4-5-13(12)18/h3-8H,1-2H3,(H,19,22)(H,20,21,23). The van der Waals surface area contributed by atoms with Crippen LogP contribution in [0.1, 0.15) is 22.2 Å². The van der Waals surface area contributed by atoms with Gasteiger partial charge in [0.15, 0.2) is 5.13 Å². The molecule has 3 aromatic rings. The van der Waals surface area contributed by atoms with Gasteiger partial charge in [0.1, 0.15) is 5.82 Å². The molecule has 1 aromatic carbocycles. The maximum absolute atomic E-state index is 13.9. The fraction of sp³-hybridized carbons (Fsp3) is 0.118. The molecule has 5 nitrogen and oxygen atoms in total. The summed E-state index contributed by atoms with van der Waals surface area (Å²) in [5, 5.41) is 7.34. The van der Waals surface area contributed by atoms with Crippen LogP contribution in [0.3, 0.4) is 0 Å². The van der Waals surface area contributed by atoms with Crippen molar-refractivity contribution in [1.82, 2.24) is 4.98 Å². The van der Waals surface area contributed by atoms with E-state index in [1.165, 1.54) is 35.3 Å². The predicted molar refractivity (Wildman–Crippen MR) is 98.8 cm³/mol. The van der Waals surface area contributed by atoms with Crippen molar-refractivity contribution in [2.75, 3.05) is 10.6 Å². The Labute approximate surface area is 151 Å². The molecule has 0 saturated heterocycles. The molecule has 0 atom stereocenters. The highest BCUT2D eigenvalue weighted by atomic mass is 32.1. The lowest BCUT2D eigenvalue weighted by Crippen LogP contribution is -2.15. The number of aryl methyl sites for hydroxylation is 1. The number of halogens is 1. The Morgan fingerprint density at radius 2 is 1.96 bits per heavy atom. The van der Waals surface area contributed by atoms with E-state index < -0.39 is 11.7 Å². The van der Waals surface area contributed by atoms with E-state index in [0.717, 1.165) is 16.6 Å². The summed E-state index contributed by atoms with van der Waals surface area (Å²) in [4.78, 5) is 30.0. The molecule has 0 aliphatic rings. The number of benzene rings is 1. The molecule has 0 aliphatic heterocycles. The van der Waals surface area contributed by atoms with Gasteiger partial charge in [0.2, 0.25) is 5.91 Å². The zero-order valence-corrected chi connectivity index (χ0v) is 15.1. The maximum atomic E-state index is 13.9.